The van der Waals surface area contributed by atoms with Crippen molar-refractivity contribution in [1.29, 1.82) is 0 Å². The summed E-state index contributed by atoms with van der Waals surface area (Å²) in [6.07, 6.45) is 4.44. The molecule has 0 atom stereocenters. The number of carbonyl (C=O) groups is 1. The molecule has 2 aromatic rings. The maximum atomic E-state index is 12.8. The molecule has 0 spiro atoms. The van der Waals surface area contributed by atoms with E-state index in [-0.39, 0.29) is 6.03 Å². The number of urea groups is 1. The number of rotatable bonds is 7. The molecule has 1 aliphatic rings. The Morgan fingerprint density at radius 2 is 2.00 bits per heavy atom. The third-order valence-electron chi connectivity index (χ3n) is 4.49. The molecule has 1 saturated heterocycles. The van der Waals surface area contributed by atoms with Crippen LogP contribution in [0.25, 0.3) is 0 Å². The van der Waals surface area contributed by atoms with Crippen LogP contribution in [0, 0.1) is 0 Å². The maximum Gasteiger partial charge on any atom is 0.322 e. The molecule has 0 radical (unpaired) electrons. The average molecular weight is 389 g/mol. The summed E-state index contributed by atoms with van der Waals surface area (Å²) < 4.78 is 5.39. The van der Waals surface area contributed by atoms with Gasteiger partial charge in [0.2, 0.25) is 0 Å². The van der Waals surface area contributed by atoms with Crippen LogP contribution in [0.1, 0.15) is 12.0 Å². The van der Waals surface area contributed by atoms with Gasteiger partial charge in [0.1, 0.15) is 0 Å². The summed E-state index contributed by atoms with van der Waals surface area (Å²) in [7, 11) is 0. The van der Waals surface area contributed by atoms with Crippen molar-refractivity contribution in [1.82, 2.24) is 14.8 Å². The van der Waals surface area contributed by atoms with Crippen molar-refractivity contribution in [2.75, 3.05) is 44.7 Å². The first-order valence-corrected chi connectivity index (χ1v) is 9.59. The first kappa shape index (κ1) is 19.6. The predicted molar refractivity (Wildman–Crippen MR) is 107 cm³/mol. The van der Waals surface area contributed by atoms with E-state index in [4.69, 9.17) is 16.3 Å². The van der Waals surface area contributed by atoms with Gasteiger partial charge in [0.05, 0.1) is 13.2 Å². The Morgan fingerprint density at radius 3 is 2.70 bits per heavy atom. The number of benzene rings is 1. The van der Waals surface area contributed by atoms with Crippen LogP contribution in [0.2, 0.25) is 5.02 Å². The van der Waals surface area contributed by atoms with Gasteiger partial charge in [0.15, 0.2) is 0 Å². The predicted octanol–water partition coefficient (Wildman–Crippen LogP) is 3.49. The van der Waals surface area contributed by atoms with Crippen molar-refractivity contribution in [3.05, 3.63) is 59.4 Å². The minimum atomic E-state index is -0.122. The number of anilines is 1. The summed E-state index contributed by atoms with van der Waals surface area (Å²) in [5.41, 5.74) is 1.74. The normalized spacial score (nSPS) is 14.7. The number of nitrogens with one attached hydrogen (secondary N) is 1. The summed E-state index contributed by atoms with van der Waals surface area (Å²) in [5.74, 6) is 0. The fourth-order valence-corrected chi connectivity index (χ4v) is 3.14. The van der Waals surface area contributed by atoms with Gasteiger partial charge in [0.25, 0.3) is 0 Å². The number of aromatic nitrogens is 1. The zero-order valence-electron chi connectivity index (χ0n) is 15.3. The topological polar surface area (TPSA) is 57.7 Å². The monoisotopic (exact) mass is 388 g/mol. The van der Waals surface area contributed by atoms with Gasteiger partial charge in [-0.3, -0.25) is 9.88 Å². The minimum absolute atomic E-state index is 0.122. The van der Waals surface area contributed by atoms with Gasteiger partial charge in [-0.05, 0) is 42.3 Å². The van der Waals surface area contributed by atoms with E-state index in [1.54, 1.807) is 36.7 Å². The van der Waals surface area contributed by atoms with Gasteiger partial charge in [-0.15, -0.1) is 0 Å². The molecule has 0 aliphatic carbocycles. The average Bonchev–Trinajstić information content (AvgIpc) is 2.70. The molecule has 144 valence electrons. The van der Waals surface area contributed by atoms with Crippen molar-refractivity contribution in [2.24, 2.45) is 0 Å². The Bertz CT molecular complexity index is 706. The van der Waals surface area contributed by atoms with Crippen LogP contribution in [0.5, 0.6) is 0 Å². The number of ether oxygens (including phenoxy) is 1. The van der Waals surface area contributed by atoms with Gasteiger partial charge in [-0.25, -0.2) is 4.79 Å². The second-order valence-electron chi connectivity index (χ2n) is 6.53. The molecule has 1 aromatic heterocycles. The molecule has 7 heteroatoms. The van der Waals surface area contributed by atoms with Crippen molar-refractivity contribution >= 4 is 23.3 Å². The Hall–Kier alpha value is -2.15. The van der Waals surface area contributed by atoms with Gasteiger partial charge in [0, 0.05) is 55.8 Å². The van der Waals surface area contributed by atoms with Crippen LogP contribution in [0.3, 0.4) is 0 Å². The Kier molecular flexibility index (Phi) is 7.45. The zero-order chi connectivity index (χ0) is 18.9. The van der Waals surface area contributed by atoms with E-state index < -0.39 is 0 Å². The first-order chi connectivity index (χ1) is 13.2. The molecule has 1 N–H and O–H groups in total. The molecule has 6 nitrogen and oxygen atoms in total. The summed E-state index contributed by atoms with van der Waals surface area (Å²) in [5, 5.41) is 3.60. The molecular weight excluding hydrogens is 364 g/mol. The summed E-state index contributed by atoms with van der Waals surface area (Å²) in [6.45, 7) is 5.65. The van der Waals surface area contributed by atoms with Crippen LogP contribution in [-0.2, 0) is 11.3 Å². The highest BCUT2D eigenvalue weighted by molar-refractivity contribution is 6.30. The van der Waals surface area contributed by atoms with Crippen molar-refractivity contribution < 1.29 is 9.53 Å². The van der Waals surface area contributed by atoms with E-state index in [1.807, 2.05) is 17.0 Å². The molecule has 0 bridgehead atoms. The van der Waals surface area contributed by atoms with Crippen molar-refractivity contribution in [2.45, 2.75) is 13.0 Å². The van der Waals surface area contributed by atoms with E-state index >= 15 is 0 Å². The lowest BCUT2D eigenvalue weighted by Crippen LogP contribution is -2.40. The SMILES string of the molecule is O=C(Nc1ccc(Cl)cc1)N(CCCN1CCOCC1)Cc1cccnc1. The largest absolute Gasteiger partial charge is 0.379 e. The molecule has 3 rings (SSSR count). The fourth-order valence-electron chi connectivity index (χ4n) is 3.01. The van der Waals surface area contributed by atoms with Gasteiger partial charge in [-0.2, -0.15) is 0 Å². The first-order valence-electron chi connectivity index (χ1n) is 9.21. The second kappa shape index (κ2) is 10.3. The number of carbonyl (C=O) groups excluding carboxylic acids is 1. The number of nitrogens with zero attached hydrogens (tertiary/aromatic N) is 3. The summed E-state index contributed by atoms with van der Waals surface area (Å²) in [6, 6.07) is 10.9. The van der Waals surface area contributed by atoms with E-state index in [2.05, 4.69) is 15.2 Å². The molecule has 2 heterocycles. The Morgan fingerprint density at radius 1 is 1.22 bits per heavy atom. The zero-order valence-corrected chi connectivity index (χ0v) is 16.1. The number of amides is 2. The third-order valence-corrected chi connectivity index (χ3v) is 4.74. The Labute approximate surface area is 165 Å². The quantitative estimate of drug-likeness (QED) is 0.788. The summed E-state index contributed by atoms with van der Waals surface area (Å²) in [4.78, 5) is 21.2. The molecule has 1 fully saturated rings. The van der Waals surface area contributed by atoms with Crippen LogP contribution < -0.4 is 5.32 Å². The van der Waals surface area contributed by atoms with Gasteiger partial charge >= 0.3 is 6.03 Å². The fraction of sp³-hybridized carbons (Fsp3) is 0.400. The Balaban J connectivity index is 1.59. The lowest BCUT2D eigenvalue weighted by molar-refractivity contribution is 0.0365. The van der Waals surface area contributed by atoms with E-state index in [9.17, 15) is 4.79 Å². The third kappa shape index (κ3) is 6.50. The van der Waals surface area contributed by atoms with Gasteiger partial charge in [-0.1, -0.05) is 17.7 Å². The van der Waals surface area contributed by atoms with Crippen LogP contribution in [-0.4, -0.2) is 60.2 Å². The number of hydrogen-bond donors (Lipinski definition) is 1. The molecule has 2 amide bonds. The number of halogens is 1. The maximum absolute atomic E-state index is 12.8. The lowest BCUT2D eigenvalue weighted by atomic mass is 10.2. The van der Waals surface area contributed by atoms with Crippen LogP contribution in [0.15, 0.2) is 48.8 Å². The van der Waals surface area contributed by atoms with E-state index in [1.165, 1.54) is 0 Å². The lowest BCUT2D eigenvalue weighted by Gasteiger charge is -2.28. The van der Waals surface area contributed by atoms with Crippen molar-refractivity contribution in [3.63, 3.8) is 0 Å². The number of hydrogen-bond acceptors (Lipinski definition) is 4. The van der Waals surface area contributed by atoms with E-state index in [0.717, 1.165) is 50.5 Å². The minimum Gasteiger partial charge on any atom is -0.379 e. The number of morpholine rings is 1. The standard InChI is InChI=1S/C20H25ClN4O2/c21-18-4-6-19(7-5-18)23-20(26)25(16-17-3-1-8-22-15-17)10-2-9-24-11-13-27-14-12-24/h1,3-8,15H,2,9-14,16H2,(H,23,26). The molecule has 0 unspecified atom stereocenters. The highest BCUT2D eigenvalue weighted by atomic mass is 35.5. The second-order valence-corrected chi connectivity index (χ2v) is 6.96. The van der Waals surface area contributed by atoms with Gasteiger partial charge < -0.3 is 15.0 Å². The van der Waals surface area contributed by atoms with Crippen molar-refractivity contribution in [3.8, 4) is 0 Å². The summed E-state index contributed by atoms with van der Waals surface area (Å²) >= 11 is 5.92. The molecule has 1 aromatic carbocycles. The molecule has 1 aliphatic heterocycles. The molecular formula is C20H25ClN4O2. The van der Waals surface area contributed by atoms with Crippen LogP contribution in [0.4, 0.5) is 10.5 Å². The highest BCUT2D eigenvalue weighted by Crippen LogP contribution is 2.15. The smallest absolute Gasteiger partial charge is 0.322 e. The van der Waals surface area contributed by atoms with Crippen LogP contribution >= 0.6 is 11.6 Å². The number of pyridine rings is 1. The van der Waals surface area contributed by atoms with E-state index in [0.29, 0.717) is 18.1 Å². The highest BCUT2D eigenvalue weighted by Gasteiger charge is 2.16. The molecule has 0 saturated carbocycles. The molecule has 27 heavy (non-hydrogen) atoms.